The molecule has 7 heteroatoms. The molecule has 0 fully saturated rings. The van der Waals surface area contributed by atoms with Crippen molar-refractivity contribution in [3.8, 4) is 28.7 Å². The number of aryl methyl sites for hydroxylation is 1. The molecule has 0 N–H and O–H groups in total. The molecule has 0 aliphatic heterocycles. The number of methoxy groups -OCH3 is 5. The minimum atomic E-state index is -1.40. The van der Waals surface area contributed by atoms with Crippen molar-refractivity contribution in [1.82, 2.24) is 0 Å². The molecule has 0 bridgehead atoms. The number of carbonyl (C=O) groups is 1. The van der Waals surface area contributed by atoms with Gasteiger partial charge in [-0.15, -0.1) is 0 Å². The van der Waals surface area contributed by atoms with E-state index >= 15 is 0 Å². The summed E-state index contributed by atoms with van der Waals surface area (Å²) in [7, 11) is 6.64. The van der Waals surface area contributed by atoms with Gasteiger partial charge < -0.3 is 23.7 Å². The van der Waals surface area contributed by atoms with Gasteiger partial charge in [-0.1, -0.05) is 12.1 Å². The van der Waals surface area contributed by atoms with Crippen LogP contribution in [0, 0.1) is 6.92 Å². The van der Waals surface area contributed by atoms with Gasteiger partial charge in [0, 0.05) is 13.2 Å². The molecule has 0 spiro atoms. The first-order valence-corrected chi connectivity index (χ1v) is 11.2. The van der Waals surface area contributed by atoms with Crippen molar-refractivity contribution < 1.29 is 28.5 Å². The predicted molar refractivity (Wildman–Crippen MR) is 128 cm³/mol. The van der Waals surface area contributed by atoms with Crippen LogP contribution in [-0.2, 0) is 0 Å². The molecule has 168 valence electrons. The Hall–Kier alpha value is -3.24. The molecule has 0 amide bonds. The first-order chi connectivity index (χ1) is 15.5. The Bertz CT molecular complexity index is 1010. The van der Waals surface area contributed by atoms with Crippen LogP contribution in [-0.4, -0.2) is 41.8 Å². The van der Waals surface area contributed by atoms with Crippen molar-refractivity contribution in [2.24, 2.45) is 0 Å². The lowest BCUT2D eigenvalue weighted by atomic mass is 10.1. The van der Waals surface area contributed by atoms with Crippen LogP contribution in [0.4, 0.5) is 0 Å². The second kappa shape index (κ2) is 10.4. The number of benzene rings is 3. The number of ether oxygens (including phenoxy) is 5. The summed E-state index contributed by atoms with van der Waals surface area (Å²) in [5.74, 6) is 3.11. The molecule has 6 nitrogen and oxygen atoms in total. The van der Waals surface area contributed by atoms with E-state index in [4.69, 9.17) is 23.7 Å². The Morgan fingerprint density at radius 2 is 1.12 bits per heavy atom. The Labute approximate surface area is 189 Å². The van der Waals surface area contributed by atoms with Gasteiger partial charge in [0.25, 0.3) is 0 Å². The zero-order valence-corrected chi connectivity index (χ0v) is 20.0. The number of hydrogen-bond donors (Lipinski definition) is 0. The smallest absolute Gasteiger partial charge is 0.153 e. The van der Waals surface area contributed by atoms with Crippen molar-refractivity contribution in [3.05, 3.63) is 59.7 Å². The van der Waals surface area contributed by atoms with E-state index in [9.17, 15) is 4.79 Å². The van der Waals surface area contributed by atoms with Crippen molar-refractivity contribution in [1.29, 1.82) is 0 Å². The van der Waals surface area contributed by atoms with Gasteiger partial charge in [0.1, 0.15) is 28.7 Å². The summed E-state index contributed by atoms with van der Waals surface area (Å²) < 4.78 is 28.8. The third kappa shape index (κ3) is 4.23. The van der Waals surface area contributed by atoms with E-state index in [1.165, 1.54) is 0 Å². The van der Waals surface area contributed by atoms with Crippen LogP contribution in [0.3, 0.4) is 0 Å². The van der Waals surface area contributed by atoms with Crippen molar-refractivity contribution in [3.63, 3.8) is 0 Å². The Kier molecular flexibility index (Phi) is 7.60. The fourth-order valence-electron chi connectivity index (χ4n) is 3.71. The minimum absolute atomic E-state index is 0.470. The highest BCUT2D eigenvalue weighted by atomic mass is 31.1. The second-order valence-electron chi connectivity index (χ2n) is 6.88. The Morgan fingerprint density at radius 1 is 0.688 bits per heavy atom. The molecule has 0 unspecified atom stereocenters. The SMILES string of the molecule is COc1cccc(OC)c1P(c1cc(C)cc(C=O)c1OC)c1c(OC)cccc1OC. The molecular formula is C25H27O6P. The maximum atomic E-state index is 11.9. The van der Waals surface area contributed by atoms with Gasteiger partial charge >= 0.3 is 0 Å². The van der Waals surface area contributed by atoms with Gasteiger partial charge in [-0.3, -0.25) is 4.79 Å². The highest BCUT2D eigenvalue weighted by Crippen LogP contribution is 2.48. The monoisotopic (exact) mass is 454 g/mol. The summed E-state index contributed by atoms with van der Waals surface area (Å²) in [6.45, 7) is 1.95. The highest BCUT2D eigenvalue weighted by Gasteiger charge is 2.33. The molecule has 3 aromatic carbocycles. The molecule has 0 aliphatic rings. The third-order valence-electron chi connectivity index (χ3n) is 5.07. The summed E-state index contributed by atoms with van der Waals surface area (Å²) in [5.41, 5.74) is 1.40. The van der Waals surface area contributed by atoms with Gasteiger partial charge in [0.05, 0.1) is 51.7 Å². The molecule has 3 aromatic rings. The van der Waals surface area contributed by atoms with Crippen LogP contribution < -0.4 is 39.6 Å². The van der Waals surface area contributed by atoms with Crippen LogP contribution in [0.25, 0.3) is 0 Å². The number of rotatable bonds is 9. The average Bonchev–Trinajstić information content (AvgIpc) is 2.83. The molecule has 0 radical (unpaired) electrons. The standard InChI is InChI=1S/C25H27O6P/c1-16-13-17(15-26)23(31-6)22(14-16)32(24-18(27-2)9-7-10-19(24)28-3)25-20(29-4)11-8-12-21(25)30-5/h7-15H,1-6H3. The maximum absolute atomic E-state index is 11.9. The fourth-order valence-corrected chi connectivity index (χ4v) is 6.72. The molecule has 0 saturated carbocycles. The fraction of sp³-hybridized carbons (Fsp3) is 0.240. The zero-order chi connectivity index (χ0) is 23.3. The van der Waals surface area contributed by atoms with Crippen LogP contribution in [0.15, 0.2) is 48.5 Å². The highest BCUT2D eigenvalue weighted by molar-refractivity contribution is 7.80. The van der Waals surface area contributed by atoms with Gasteiger partial charge in [-0.25, -0.2) is 0 Å². The largest absolute Gasteiger partial charge is 0.496 e. The summed E-state index contributed by atoms with van der Waals surface area (Å²) in [4.78, 5) is 11.9. The molecule has 0 heterocycles. The van der Waals surface area contributed by atoms with Crippen molar-refractivity contribution in [2.45, 2.75) is 6.92 Å². The second-order valence-corrected chi connectivity index (χ2v) is 8.93. The van der Waals surface area contributed by atoms with Gasteiger partial charge in [-0.05, 0) is 48.9 Å². The quantitative estimate of drug-likeness (QED) is 0.364. The zero-order valence-electron chi connectivity index (χ0n) is 19.1. The number of hydrogen-bond acceptors (Lipinski definition) is 6. The van der Waals surface area contributed by atoms with Crippen LogP contribution in [0.5, 0.6) is 28.7 Å². The van der Waals surface area contributed by atoms with E-state index in [1.807, 2.05) is 55.5 Å². The topological polar surface area (TPSA) is 63.2 Å². The predicted octanol–water partition coefficient (Wildman–Crippen LogP) is 3.61. The maximum Gasteiger partial charge on any atom is 0.153 e. The summed E-state index contributed by atoms with van der Waals surface area (Å²) in [5, 5.41) is 2.49. The molecular weight excluding hydrogens is 427 g/mol. The number of carbonyl (C=O) groups excluding carboxylic acids is 1. The molecule has 3 rings (SSSR count). The lowest BCUT2D eigenvalue weighted by Crippen LogP contribution is -2.27. The summed E-state index contributed by atoms with van der Waals surface area (Å²) >= 11 is 0. The van der Waals surface area contributed by atoms with Gasteiger partial charge in [0.15, 0.2) is 6.29 Å². The van der Waals surface area contributed by atoms with Crippen molar-refractivity contribution >= 4 is 30.1 Å². The minimum Gasteiger partial charge on any atom is -0.496 e. The summed E-state index contributed by atoms with van der Waals surface area (Å²) in [6, 6.07) is 15.1. The Morgan fingerprint density at radius 3 is 1.47 bits per heavy atom. The van der Waals surface area contributed by atoms with E-state index in [0.717, 1.165) is 27.8 Å². The van der Waals surface area contributed by atoms with Gasteiger partial charge in [0.2, 0.25) is 0 Å². The normalized spacial score (nSPS) is 10.6. The third-order valence-corrected chi connectivity index (χ3v) is 7.66. The Balaban J connectivity index is 2.54. The lowest BCUT2D eigenvalue weighted by molar-refractivity contribution is 0.112. The van der Waals surface area contributed by atoms with Crippen LogP contribution >= 0.6 is 7.92 Å². The first-order valence-electron chi connectivity index (χ1n) is 9.90. The van der Waals surface area contributed by atoms with Crippen molar-refractivity contribution in [2.75, 3.05) is 35.5 Å². The molecule has 0 aliphatic carbocycles. The lowest BCUT2D eigenvalue weighted by Gasteiger charge is -2.28. The van der Waals surface area contributed by atoms with E-state index in [1.54, 1.807) is 35.5 Å². The van der Waals surface area contributed by atoms with E-state index in [-0.39, 0.29) is 0 Å². The molecule has 0 atom stereocenters. The first kappa shape index (κ1) is 23.4. The number of aldehydes is 1. The van der Waals surface area contributed by atoms with Gasteiger partial charge in [-0.2, -0.15) is 0 Å². The van der Waals surface area contributed by atoms with E-state index in [0.29, 0.717) is 34.3 Å². The molecule has 0 saturated heterocycles. The summed E-state index contributed by atoms with van der Waals surface area (Å²) in [6.07, 6.45) is 0.807. The molecule has 32 heavy (non-hydrogen) atoms. The van der Waals surface area contributed by atoms with Crippen LogP contribution in [0.1, 0.15) is 15.9 Å². The van der Waals surface area contributed by atoms with Crippen LogP contribution in [0.2, 0.25) is 0 Å². The average molecular weight is 454 g/mol. The van der Waals surface area contributed by atoms with E-state index < -0.39 is 7.92 Å². The molecule has 0 aromatic heterocycles. The van der Waals surface area contributed by atoms with E-state index in [2.05, 4.69) is 0 Å².